The van der Waals surface area contributed by atoms with Crippen LogP contribution in [0.2, 0.25) is 0 Å². The Morgan fingerprint density at radius 1 is 1.14 bits per heavy atom. The van der Waals surface area contributed by atoms with Crippen LogP contribution in [0.25, 0.3) is 11.2 Å². The average Bonchev–Trinajstić information content (AvgIpc) is 3.10. The number of imidazole rings is 1. The summed E-state index contributed by atoms with van der Waals surface area (Å²) in [6.07, 6.45) is 9.30. The highest BCUT2D eigenvalue weighted by Crippen LogP contribution is 2.27. The zero-order valence-corrected chi connectivity index (χ0v) is 17.8. The molecule has 1 aliphatic carbocycles. The van der Waals surface area contributed by atoms with Gasteiger partial charge >= 0.3 is 0 Å². The maximum atomic E-state index is 9.74. The van der Waals surface area contributed by atoms with Crippen LogP contribution in [0.15, 0.2) is 6.33 Å². The fraction of sp³-hybridized carbons (Fsp3) is 0.762. The molecule has 28 heavy (non-hydrogen) atoms. The number of aromatic nitrogens is 4. The van der Waals surface area contributed by atoms with Gasteiger partial charge in [-0.2, -0.15) is 9.97 Å². The van der Waals surface area contributed by atoms with E-state index >= 15 is 0 Å². The minimum Gasteiger partial charge on any atom is -0.394 e. The normalized spacial score (nSPS) is 16.8. The van der Waals surface area contributed by atoms with Crippen molar-refractivity contribution < 1.29 is 5.11 Å². The Hall–Kier alpha value is -1.89. The Labute approximate surface area is 168 Å². The molecule has 0 aromatic carbocycles. The predicted octanol–water partition coefficient (Wildman–Crippen LogP) is 4.22. The summed E-state index contributed by atoms with van der Waals surface area (Å²) >= 11 is 0. The number of fused-ring (bicyclic) bond motifs is 1. The molecule has 3 N–H and O–H groups in total. The van der Waals surface area contributed by atoms with Crippen LogP contribution in [-0.4, -0.2) is 43.8 Å². The molecule has 1 atom stereocenters. The third-order valence-corrected chi connectivity index (χ3v) is 5.57. The first-order valence-electron chi connectivity index (χ1n) is 10.8. The molecule has 2 aromatic heterocycles. The maximum absolute atomic E-state index is 9.74. The summed E-state index contributed by atoms with van der Waals surface area (Å²) in [5.41, 5.74) is 1.65. The molecule has 0 bridgehead atoms. The highest BCUT2D eigenvalue weighted by atomic mass is 16.3. The average molecular weight is 389 g/mol. The van der Waals surface area contributed by atoms with E-state index in [2.05, 4.69) is 47.9 Å². The van der Waals surface area contributed by atoms with E-state index in [4.69, 9.17) is 9.97 Å². The van der Waals surface area contributed by atoms with Gasteiger partial charge in [-0.25, -0.2) is 4.98 Å². The molecule has 1 fully saturated rings. The molecule has 0 spiro atoms. The summed E-state index contributed by atoms with van der Waals surface area (Å²) in [6.45, 7) is 9.55. The van der Waals surface area contributed by atoms with Crippen molar-refractivity contribution in [2.75, 3.05) is 23.8 Å². The first kappa shape index (κ1) is 20.8. The first-order chi connectivity index (χ1) is 13.5. The standard InChI is InChI=1S/C21H36N6O/c1-14(2)10-17(12-28)24-21-25-19(22-11-16-8-6-5-7-9-16)18-20(26-21)27(13-23-18)15(3)4/h13-17,28H,5-12H2,1-4H3,(H2,22,24,25,26). The van der Waals surface area contributed by atoms with Crippen LogP contribution in [0.1, 0.15) is 72.3 Å². The van der Waals surface area contributed by atoms with Gasteiger partial charge in [0.15, 0.2) is 17.0 Å². The van der Waals surface area contributed by atoms with Crippen molar-refractivity contribution in [2.24, 2.45) is 11.8 Å². The van der Waals surface area contributed by atoms with Crippen LogP contribution in [0.4, 0.5) is 11.8 Å². The smallest absolute Gasteiger partial charge is 0.227 e. The van der Waals surface area contributed by atoms with Gasteiger partial charge in [0.1, 0.15) is 0 Å². The van der Waals surface area contributed by atoms with Gasteiger partial charge in [-0.05, 0) is 44.9 Å². The summed E-state index contributed by atoms with van der Waals surface area (Å²) in [4.78, 5) is 14.1. The van der Waals surface area contributed by atoms with E-state index < -0.39 is 0 Å². The van der Waals surface area contributed by atoms with E-state index in [1.165, 1.54) is 32.1 Å². The second-order valence-electron chi connectivity index (χ2n) is 8.85. The zero-order chi connectivity index (χ0) is 20.1. The summed E-state index contributed by atoms with van der Waals surface area (Å²) in [6, 6.07) is 0.210. The third-order valence-electron chi connectivity index (χ3n) is 5.57. The predicted molar refractivity (Wildman–Crippen MR) is 115 cm³/mol. The van der Waals surface area contributed by atoms with Gasteiger partial charge in [0.2, 0.25) is 5.95 Å². The molecule has 2 aromatic rings. The molecule has 0 saturated heterocycles. The zero-order valence-electron chi connectivity index (χ0n) is 17.8. The molecule has 156 valence electrons. The first-order valence-corrected chi connectivity index (χ1v) is 10.8. The van der Waals surface area contributed by atoms with E-state index in [1.807, 2.05) is 6.33 Å². The molecule has 7 heteroatoms. The summed E-state index contributed by atoms with van der Waals surface area (Å²) in [5.74, 6) is 2.53. The van der Waals surface area contributed by atoms with E-state index in [9.17, 15) is 5.11 Å². The van der Waals surface area contributed by atoms with Crippen molar-refractivity contribution in [2.45, 2.75) is 78.3 Å². The lowest BCUT2D eigenvalue weighted by atomic mass is 9.89. The van der Waals surface area contributed by atoms with E-state index in [-0.39, 0.29) is 18.7 Å². The summed E-state index contributed by atoms with van der Waals surface area (Å²) in [7, 11) is 0. The Morgan fingerprint density at radius 3 is 2.54 bits per heavy atom. The van der Waals surface area contributed by atoms with Gasteiger partial charge in [-0.15, -0.1) is 0 Å². The Bertz CT molecular complexity index is 751. The fourth-order valence-electron chi connectivity index (χ4n) is 4.05. The third kappa shape index (κ3) is 5.13. The van der Waals surface area contributed by atoms with Crippen LogP contribution >= 0.6 is 0 Å². The minimum absolute atomic E-state index is 0.0564. The molecule has 0 amide bonds. The quantitative estimate of drug-likeness (QED) is 0.596. The lowest BCUT2D eigenvalue weighted by Gasteiger charge is -2.22. The Kier molecular flexibility index (Phi) is 7.10. The number of anilines is 2. The number of aliphatic hydroxyl groups excluding tert-OH is 1. The van der Waals surface area contributed by atoms with E-state index in [0.29, 0.717) is 17.8 Å². The van der Waals surface area contributed by atoms with Crippen molar-refractivity contribution in [3.63, 3.8) is 0 Å². The number of nitrogens with zero attached hydrogens (tertiary/aromatic N) is 4. The molecule has 2 heterocycles. The molecule has 1 saturated carbocycles. The number of rotatable bonds is 9. The number of hydrogen-bond donors (Lipinski definition) is 3. The maximum Gasteiger partial charge on any atom is 0.227 e. The van der Waals surface area contributed by atoms with Crippen LogP contribution in [-0.2, 0) is 0 Å². The molecule has 1 unspecified atom stereocenters. The monoisotopic (exact) mass is 388 g/mol. The highest BCUT2D eigenvalue weighted by molar-refractivity contribution is 5.84. The molecular formula is C21H36N6O. The van der Waals surface area contributed by atoms with Crippen molar-refractivity contribution in [1.29, 1.82) is 0 Å². The van der Waals surface area contributed by atoms with Crippen LogP contribution < -0.4 is 10.6 Å². The Morgan fingerprint density at radius 2 is 1.89 bits per heavy atom. The molecular weight excluding hydrogens is 352 g/mol. The molecule has 3 rings (SSSR count). The molecule has 0 radical (unpaired) electrons. The van der Waals surface area contributed by atoms with Gasteiger partial charge in [0.25, 0.3) is 0 Å². The van der Waals surface area contributed by atoms with E-state index in [1.54, 1.807) is 0 Å². The van der Waals surface area contributed by atoms with Gasteiger partial charge in [0, 0.05) is 12.6 Å². The number of nitrogens with one attached hydrogen (secondary N) is 2. The largest absolute Gasteiger partial charge is 0.394 e. The van der Waals surface area contributed by atoms with Gasteiger partial charge in [-0.3, -0.25) is 0 Å². The van der Waals surface area contributed by atoms with Crippen LogP contribution in [0.5, 0.6) is 0 Å². The van der Waals surface area contributed by atoms with Gasteiger partial charge in [-0.1, -0.05) is 33.1 Å². The second kappa shape index (κ2) is 9.54. The SMILES string of the molecule is CC(C)CC(CO)Nc1nc(NCC2CCCCC2)c2ncn(C(C)C)c2n1. The molecule has 1 aliphatic rings. The Balaban J connectivity index is 1.86. The second-order valence-corrected chi connectivity index (χ2v) is 8.85. The van der Waals surface area contributed by atoms with Crippen LogP contribution in [0, 0.1) is 11.8 Å². The lowest BCUT2D eigenvalue weighted by Crippen LogP contribution is -2.27. The van der Waals surface area contributed by atoms with Crippen molar-refractivity contribution in [3.05, 3.63) is 6.33 Å². The molecule has 0 aliphatic heterocycles. The summed E-state index contributed by atoms with van der Waals surface area (Å²) < 4.78 is 2.07. The fourth-order valence-corrected chi connectivity index (χ4v) is 4.05. The topological polar surface area (TPSA) is 87.9 Å². The van der Waals surface area contributed by atoms with Gasteiger partial charge < -0.3 is 20.3 Å². The van der Waals surface area contributed by atoms with Crippen molar-refractivity contribution >= 4 is 22.9 Å². The number of aliphatic hydroxyl groups is 1. The highest BCUT2D eigenvalue weighted by Gasteiger charge is 2.19. The van der Waals surface area contributed by atoms with E-state index in [0.717, 1.165) is 29.9 Å². The lowest BCUT2D eigenvalue weighted by molar-refractivity contribution is 0.259. The van der Waals surface area contributed by atoms with Crippen molar-refractivity contribution in [1.82, 2.24) is 19.5 Å². The molecule has 7 nitrogen and oxygen atoms in total. The van der Waals surface area contributed by atoms with Crippen molar-refractivity contribution in [3.8, 4) is 0 Å². The summed E-state index contributed by atoms with van der Waals surface area (Å²) in [5, 5.41) is 16.6. The number of hydrogen-bond acceptors (Lipinski definition) is 6. The minimum atomic E-state index is -0.0564. The van der Waals surface area contributed by atoms with Crippen LogP contribution in [0.3, 0.4) is 0 Å². The van der Waals surface area contributed by atoms with Gasteiger partial charge in [0.05, 0.1) is 19.0 Å².